The van der Waals surface area contributed by atoms with Crippen LogP contribution in [0.1, 0.15) is 13.3 Å². The molecule has 0 saturated carbocycles. The number of carbonyl (C=O) groups is 1. The molecule has 1 N–H and O–H groups in total. The first-order chi connectivity index (χ1) is 7.74. The van der Waals surface area contributed by atoms with Gasteiger partial charge in [0, 0.05) is 6.54 Å². The lowest BCUT2D eigenvalue weighted by Crippen LogP contribution is -2.38. The van der Waals surface area contributed by atoms with Crippen LogP contribution in [0.25, 0.3) is 0 Å². The number of nitrogens with one attached hydrogen (secondary N) is 1. The summed E-state index contributed by atoms with van der Waals surface area (Å²) in [7, 11) is 0. The van der Waals surface area contributed by atoms with Gasteiger partial charge in [0.05, 0.1) is 16.8 Å². The second kappa shape index (κ2) is 4.85. The van der Waals surface area contributed by atoms with Crippen molar-refractivity contribution in [3.63, 3.8) is 0 Å². The van der Waals surface area contributed by atoms with Gasteiger partial charge in [-0.1, -0.05) is 30.7 Å². The molecule has 1 atom stereocenters. The summed E-state index contributed by atoms with van der Waals surface area (Å²) in [5.41, 5.74) is 0.814. The van der Waals surface area contributed by atoms with E-state index in [2.05, 4.69) is 5.32 Å². The summed E-state index contributed by atoms with van der Waals surface area (Å²) in [6, 6.07) is 7.41. The van der Waals surface area contributed by atoms with Crippen molar-refractivity contribution in [2.75, 3.05) is 18.0 Å². The van der Waals surface area contributed by atoms with Crippen LogP contribution in [0.2, 0.25) is 5.02 Å². The van der Waals surface area contributed by atoms with Crippen LogP contribution in [0.4, 0.5) is 5.69 Å². The van der Waals surface area contributed by atoms with Crippen molar-refractivity contribution in [1.29, 1.82) is 0 Å². The maximum atomic E-state index is 12.1. The Bertz CT molecular complexity index is 394. The third-order valence-electron chi connectivity index (χ3n) is 2.80. The zero-order chi connectivity index (χ0) is 11.5. The number of likely N-dealkylation sites (N-methyl/N-ethyl adjacent to an activating group) is 1. The van der Waals surface area contributed by atoms with Gasteiger partial charge in [-0.15, -0.1) is 0 Å². The summed E-state index contributed by atoms with van der Waals surface area (Å²) in [6.45, 7) is 3.55. The molecule has 1 aliphatic heterocycles. The highest BCUT2D eigenvalue weighted by atomic mass is 35.5. The third-order valence-corrected chi connectivity index (χ3v) is 3.12. The molecule has 0 aliphatic carbocycles. The first-order valence-electron chi connectivity index (χ1n) is 5.53. The lowest BCUT2D eigenvalue weighted by molar-refractivity contribution is -0.118. The summed E-state index contributed by atoms with van der Waals surface area (Å²) in [5, 5.41) is 3.81. The van der Waals surface area contributed by atoms with Crippen LogP contribution >= 0.6 is 11.6 Å². The maximum Gasteiger partial charge on any atom is 0.244 e. The molecular weight excluding hydrogens is 224 g/mol. The number of nitrogens with zero attached hydrogens (tertiary/aromatic N) is 1. The molecule has 0 spiro atoms. The van der Waals surface area contributed by atoms with Gasteiger partial charge in [0.15, 0.2) is 0 Å². The molecule has 16 heavy (non-hydrogen) atoms. The average molecular weight is 239 g/mol. The van der Waals surface area contributed by atoms with Crippen LogP contribution in [0.3, 0.4) is 0 Å². The minimum Gasteiger partial charge on any atom is -0.310 e. The van der Waals surface area contributed by atoms with Crippen molar-refractivity contribution in [2.24, 2.45) is 0 Å². The Balaban J connectivity index is 2.19. The monoisotopic (exact) mass is 238 g/mol. The van der Waals surface area contributed by atoms with E-state index in [9.17, 15) is 4.79 Å². The normalized spacial score (nSPS) is 20.5. The molecule has 1 aromatic rings. The summed E-state index contributed by atoms with van der Waals surface area (Å²) in [6.07, 6.45) is 0.845. The molecule has 1 saturated heterocycles. The van der Waals surface area contributed by atoms with E-state index < -0.39 is 0 Å². The highest BCUT2D eigenvalue weighted by molar-refractivity contribution is 6.33. The van der Waals surface area contributed by atoms with E-state index in [-0.39, 0.29) is 11.9 Å². The highest BCUT2D eigenvalue weighted by Crippen LogP contribution is 2.28. The van der Waals surface area contributed by atoms with E-state index in [4.69, 9.17) is 11.6 Å². The summed E-state index contributed by atoms with van der Waals surface area (Å²) in [4.78, 5) is 13.8. The molecule has 1 aromatic carbocycles. The second-order valence-corrected chi connectivity index (χ2v) is 4.25. The van der Waals surface area contributed by atoms with Crippen LogP contribution in [0, 0.1) is 0 Å². The fraction of sp³-hybridized carbons (Fsp3) is 0.417. The van der Waals surface area contributed by atoms with Crippen LogP contribution in [0.5, 0.6) is 0 Å². The molecule has 0 bridgehead atoms. The number of benzene rings is 1. The Morgan fingerprint density at radius 1 is 1.50 bits per heavy atom. The Labute approximate surface area is 100 Å². The Morgan fingerprint density at radius 3 is 2.94 bits per heavy atom. The van der Waals surface area contributed by atoms with Gasteiger partial charge in [-0.2, -0.15) is 0 Å². The highest BCUT2D eigenvalue weighted by Gasteiger charge is 2.32. The lowest BCUT2D eigenvalue weighted by atomic mass is 10.2. The largest absolute Gasteiger partial charge is 0.310 e. The Morgan fingerprint density at radius 2 is 2.25 bits per heavy atom. The second-order valence-electron chi connectivity index (χ2n) is 3.84. The van der Waals surface area contributed by atoms with Crippen molar-refractivity contribution < 1.29 is 4.79 Å². The fourth-order valence-corrected chi connectivity index (χ4v) is 2.26. The van der Waals surface area contributed by atoms with E-state index in [1.165, 1.54) is 0 Å². The van der Waals surface area contributed by atoms with Crippen LogP contribution < -0.4 is 10.2 Å². The zero-order valence-electron chi connectivity index (χ0n) is 9.24. The molecule has 86 valence electrons. The molecule has 1 heterocycles. The Kier molecular flexibility index (Phi) is 3.46. The minimum absolute atomic E-state index is 0.0544. The number of hydrogen-bond donors (Lipinski definition) is 1. The third kappa shape index (κ3) is 2.06. The van der Waals surface area contributed by atoms with Crippen LogP contribution in [-0.4, -0.2) is 25.0 Å². The van der Waals surface area contributed by atoms with Gasteiger partial charge in [-0.25, -0.2) is 0 Å². The summed E-state index contributed by atoms with van der Waals surface area (Å²) in [5.74, 6) is 0.120. The Hall–Kier alpha value is -1.06. The van der Waals surface area contributed by atoms with Crippen molar-refractivity contribution in [3.05, 3.63) is 29.3 Å². The first kappa shape index (κ1) is 11.4. The standard InChI is InChI=1S/C12H15ClN2O/c1-2-14-10-7-8-15(12(10)16)11-6-4-3-5-9(11)13/h3-6,10,14H,2,7-8H2,1H3. The topological polar surface area (TPSA) is 32.3 Å². The number of amides is 1. The number of rotatable bonds is 3. The van der Waals surface area contributed by atoms with E-state index >= 15 is 0 Å². The minimum atomic E-state index is -0.0544. The molecule has 3 nitrogen and oxygen atoms in total. The number of carbonyl (C=O) groups excluding carboxylic acids is 1. The average Bonchev–Trinajstić information content (AvgIpc) is 2.62. The molecule has 1 unspecified atom stereocenters. The van der Waals surface area contributed by atoms with Crippen molar-refractivity contribution in [3.8, 4) is 0 Å². The molecule has 1 amide bonds. The van der Waals surface area contributed by atoms with Gasteiger partial charge in [0.2, 0.25) is 5.91 Å². The molecule has 0 radical (unpaired) electrons. The predicted octanol–water partition coefficient (Wildman–Crippen LogP) is 2.05. The molecule has 1 fully saturated rings. The van der Waals surface area contributed by atoms with Gasteiger partial charge in [-0.3, -0.25) is 4.79 Å². The molecule has 4 heteroatoms. The van der Waals surface area contributed by atoms with Gasteiger partial charge in [0.25, 0.3) is 0 Å². The number of halogens is 1. The van der Waals surface area contributed by atoms with E-state index in [1.807, 2.05) is 31.2 Å². The van der Waals surface area contributed by atoms with Crippen LogP contribution in [-0.2, 0) is 4.79 Å². The van der Waals surface area contributed by atoms with Gasteiger partial charge in [0.1, 0.15) is 0 Å². The van der Waals surface area contributed by atoms with Gasteiger partial charge in [-0.05, 0) is 25.1 Å². The van der Waals surface area contributed by atoms with Crippen molar-refractivity contribution in [1.82, 2.24) is 5.32 Å². The van der Waals surface area contributed by atoms with E-state index in [1.54, 1.807) is 4.90 Å². The quantitative estimate of drug-likeness (QED) is 0.874. The van der Waals surface area contributed by atoms with Crippen molar-refractivity contribution >= 4 is 23.2 Å². The smallest absolute Gasteiger partial charge is 0.244 e. The maximum absolute atomic E-state index is 12.1. The number of para-hydroxylation sites is 1. The molecule has 0 aromatic heterocycles. The fourth-order valence-electron chi connectivity index (χ4n) is 2.03. The molecular formula is C12H15ClN2O. The molecule has 2 rings (SSSR count). The van der Waals surface area contributed by atoms with Gasteiger partial charge >= 0.3 is 0 Å². The number of anilines is 1. The van der Waals surface area contributed by atoms with Crippen molar-refractivity contribution in [2.45, 2.75) is 19.4 Å². The van der Waals surface area contributed by atoms with E-state index in [0.29, 0.717) is 5.02 Å². The zero-order valence-corrected chi connectivity index (χ0v) is 10.00. The first-order valence-corrected chi connectivity index (χ1v) is 5.91. The molecule has 1 aliphatic rings. The lowest BCUT2D eigenvalue weighted by Gasteiger charge is -2.18. The number of hydrogen-bond acceptors (Lipinski definition) is 2. The summed E-state index contributed by atoms with van der Waals surface area (Å²) < 4.78 is 0. The van der Waals surface area contributed by atoms with E-state index in [0.717, 1.165) is 25.2 Å². The van der Waals surface area contributed by atoms with Gasteiger partial charge < -0.3 is 10.2 Å². The summed E-state index contributed by atoms with van der Waals surface area (Å²) >= 11 is 6.08. The van der Waals surface area contributed by atoms with Crippen LogP contribution in [0.15, 0.2) is 24.3 Å². The SMILES string of the molecule is CCNC1CCN(c2ccccc2Cl)C1=O. The predicted molar refractivity (Wildman–Crippen MR) is 65.9 cm³/mol.